The lowest BCUT2D eigenvalue weighted by molar-refractivity contribution is -0.116. The SMILES string of the molecule is CCOc1ccc(CCC(=O)Nc2cc(OC)ccc2OC)cc1. The number of carbonyl (C=O) groups is 1. The van der Waals surface area contributed by atoms with E-state index in [-0.39, 0.29) is 5.91 Å². The van der Waals surface area contributed by atoms with Gasteiger partial charge < -0.3 is 19.5 Å². The van der Waals surface area contributed by atoms with Crippen LogP contribution in [0.1, 0.15) is 18.9 Å². The zero-order valence-corrected chi connectivity index (χ0v) is 14.3. The van der Waals surface area contributed by atoms with Crippen LogP contribution in [0.5, 0.6) is 17.2 Å². The Labute approximate surface area is 142 Å². The Morgan fingerprint density at radius 1 is 1.00 bits per heavy atom. The molecule has 2 aromatic carbocycles. The third-order valence-electron chi connectivity index (χ3n) is 3.56. The molecule has 0 aliphatic rings. The molecule has 0 saturated carbocycles. The molecular formula is C19H23NO4. The summed E-state index contributed by atoms with van der Waals surface area (Å²) in [6.45, 7) is 2.59. The van der Waals surface area contributed by atoms with Crippen LogP contribution in [0.25, 0.3) is 0 Å². The summed E-state index contributed by atoms with van der Waals surface area (Å²) in [5, 5.41) is 2.87. The maximum Gasteiger partial charge on any atom is 0.224 e. The van der Waals surface area contributed by atoms with Gasteiger partial charge >= 0.3 is 0 Å². The maximum atomic E-state index is 12.2. The first-order valence-electron chi connectivity index (χ1n) is 7.90. The van der Waals surface area contributed by atoms with Crippen molar-refractivity contribution >= 4 is 11.6 Å². The molecule has 1 N–H and O–H groups in total. The van der Waals surface area contributed by atoms with Crippen LogP contribution in [0.3, 0.4) is 0 Å². The van der Waals surface area contributed by atoms with Crippen molar-refractivity contribution in [3.05, 3.63) is 48.0 Å². The summed E-state index contributed by atoms with van der Waals surface area (Å²) in [6.07, 6.45) is 1.04. The molecule has 0 aromatic heterocycles. The van der Waals surface area contributed by atoms with Gasteiger partial charge in [0.1, 0.15) is 17.2 Å². The Hall–Kier alpha value is -2.69. The van der Waals surface area contributed by atoms with Gasteiger partial charge in [-0.25, -0.2) is 0 Å². The van der Waals surface area contributed by atoms with E-state index in [1.54, 1.807) is 32.4 Å². The number of hydrogen-bond acceptors (Lipinski definition) is 4. The van der Waals surface area contributed by atoms with Crippen molar-refractivity contribution in [2.45, 2.75) is 19.8 Å². The topological polar surface area (TPSA) is 56.8 Å². The Kier molecular flexibility index (Phi) is 6.49. The molecule has 128 valence electrons. The van der Waals surface area contributed by atoms with Gasteiger partial charge in [0.25, 0.3) is 0 Å². The van der Waals surface area contributed by atoms with Crippen LogP contribution in [-0.2, 0) is 11.2 Å². The lowest BCUT2D eigenvalue weighted by Gasteiger charge is -2.12. The van der Waals surface area contributed by atoms with Gasteiger partial charge in [-0.05, 0) is 43.2 Å². The zero-order chi connectivity index (χ0) is 17.4. The largest absolute Gasteiger partial charge is 0.497 e. The Morgan fingerprint density at radius 3 is 2.33 bits per heavy atom. The minimum atomic E-state index is -0.0737. The fourth-order valence-corrected chi connectivity index (χ4v) is 2.30. The van der Waals surface area contributed by atoms with Crippen molar-refractivity contribution in [3.8, 4) is 17.2 Å². The van der Waals surface area contributed by atoms with E-state index in [2.05, 4.69) is 5.32 Å². The third-order valence-corrected chi connectivity index (χ3v) is 3.56. The maximum absolute atomic E-state index is 12.2. The highest BCUT2D eigenvalue weighted by Crippen LogP contribution is 2.29. The van der Waals surface area contributed by atoms with Gasteiger partial charge in [0.05, 0.1) is 26.5 Å². The quantitative estimate of drug-likeness (QED) is 0.803. The molecule has 0 radical (unpaired) electrons. The monoisotopic (exact) mass is 329 g/mol. The number of carbonyl (C=O) groups excluding carboxylic acids is 1. The van der Waals surface area contributed by atoms with Crippen LogP contribution in [-0.4, -0.2) is 26.7 Å². The predicted molar refractivity (Wildman–Crippen MR) is 94.1 cm³/mol. The smallest absolute Gasteiger partial charge is 0.224 e. The molecule has 0 bridgehead atoms. The van der Waals surface area contributed by atoms with E-state index >= 15 is 0 Å². The van der Waals surface area contributed by atoms with Gasteiger partial charge in [0.2, 0.25) is 5.91 Å². The lowest BCUT2D eigenvalue weighted by atomic mass is 10.1. The van der Waals surface area contributed by atoms with E-state index in [4.69, 9.17) is 14.2 Å². The zero-order valence-electron chi connectivity index (χ0n) is 14.3. The van der Waals surface area contributed by atoms with Gasteiger partial charge in [-0.3, -0.25) is 4.79 Å². The van der Waals surface area contributed by atoms with E-state index in [9.17, 15) is 4.79 Å². The van der Waals surface area contributed by atoms with Gasteiger partial charge in [-0.2, -0.15) is 0 Å². The summed E-state index contributed by atoms with van der Waals surface area (Å²) < 4.78 is 15.8. The second-order valence-electron chi connectivity index (χ2n) is 5.19. The molecule has 0 spiro atoms. The van der Waals surface area contributed by atoms with Crippen molar-refractivity contribution in [1.29, 1.82) is 0 Å². The summed E-state index contributed by atoms with van der Waals surface area (Å²) in [4.78, 5) is 12.2. The number of aryl methyl sites for hydroxylation is 1. The second-order valence-corrected chi connectivity index (χ2v) is 5.19. The molecule has 0 aliphatic heterocycles. The highest BCUT2D eigenvalue weighted by Gasteiger charge is 2.09. The predicted octanol–water partition coefficient (Wildman–Crippen LogP) is 3.67. The van der Waals surface area contributed by atoms with Crippen LogP contribution in [0.2, 0.25) is 0 Å². The Morgan fingerprint density at radius 2 is 1.71 bits per heavy atom. The summed E-state index contributed by atoms with van der Waals surface area (Å²) in [5.41, 5.74) is 1.69. The van der Waals surface area contributed by atoms with E-state index in [0.29, 0.717) is 36.6 Å². The molecule has 5 heteroatoms. The highest BCUT2D eigenvalue weighted by molar-refractivity contribution is 5.92. The van der Waals surface area contributed by atoms with Crippen LogP contribution >= 0.6 is 0 Å². The molecule has 24 heavy (non-hydrogen) atoms. The summed E-state index contributed by atoms with van der Waals surface area (Å²) >= 11 is 0. The van der Waals surface area contributed by atoms with Crippen molar-refractivity contribution in [2.24, 2.45) is 0 Å². The molecule has 0 atom stereocenters. The van der Waals surface area contributed by atoms with E-state index in [1.165, 1.54) is 0 Å². The standard InChI is InChI=1S/C19H23NO4/c1-4-24-15-8-5-14(6-9-15)7-12-19(21)20-17-13-16(22-2)10-11-18(17)23-3/h5-6,8-11,13H,4,7,12H2,1-3H3,(H,20,21). The third kappa shape index (κ3) is 4.91. The van der Waals surface area contributed by atoms with Crippen LogP contribution < -0.4 is 19.5 Å². The van der Waals surface area contributed by atoms with E-state index in [1.807, 2.05) is 31.2 Å². The number of amides is 1. The number of hydrogen-bond donors (Lipinski definition) is 1. The molecule has 2 rings (SSSR count). The molecule has 0 unspecified atom stereocenters. The molecule has 2 aromatic rings. The van der Waals surface area contributed by atoms with E-state index < -0.39 is 0 Å². The fraction of sp³-hybridized carbons (Fsp3) is 0.316. The molecular weight excluding hydrogens is 306 g/mol. The number of rotatable bonds is 8. The van der Waals surface area contributed by atoms with Gasteiger partial charge in [-0.1, -0.05) is 12.1 Å². The average molecular weight is 329 g/mol. The number of anilines is 1. The van der Waals surface area contributed by atoms with Crippen molar-refractivity contribution < 1.29 is 19.0 Å². The summed E-state index contributed by atoms with van der Waals surface area (Å²) in [7, 11) is 3.15. The number of ether oxygens (including phenoxy) is 3. The van der Waals surface area contributed by atoms with Gasteiger partial charge in [-0.15, -0.1) is 0 Å². The Bertz CT molecular complexity index is 668. The Balaban J connectivity index is 1.93. The normalized spacial score (nSPS) is 10.1. The average Bonchev–Trinajstić information content (AvgIpc) is 2.61. The molecule has 0 heterocycles. The fourth-order valence-electron chi connectivity index (χ4n) is 2.30. The summed E-state index contributed by atoms with van der Waals surface area (Å²) in [6, 6.07) is 13.1. The molecule has 0 fully saturated rings. The lowest BCUT2D eigenvalue weighted by Crippen LogP contribution is -2.13. The second kappa shape index (κ2) is 8.82. The minimum absolute atomic E-state index is 0.0737. The first kappa shape index (κ1) is 17.7. The van der Waals surface area contributed by atoms with Crippen molar-refractivity contribution in [1.82, 2.24) is 0 Å². The van der Waals surface area contributed by atoms with Crippen LogP contribution in [0.4, 0.5) is 5.69 Å². The number of benzene rings is 2. The molecule has 0 saturated heterocycles. The van der Waals surface area contributed by atoms with Crippen LogP contribution in [0.15, 0.2) is 42.5 Å². The number of nitrogens with one attached hydrogen (secondary N) is 1. The molecule has 5 nitrogen and oxygen atoms in total. The van der Waals surface area contributed by atoms with Gasteiger partial charge in [0.15, 0.2) is 0 Å². The van der Waals surface area contributed by atoms with Gasteiger partial charge in [0, 0.05) is 12.5 Å². The number of methoxy groups -OCH3 is 2. The highest BCUT2D eigenvalue weighted by atomic mass is 16.5. The summed E-state index contributed by atoms with van der Waals surface area (Å²) in [5.74, 6) is 2.03. The molecule has 0 aliphatic carbocycles. The van der Waals surface area contributed by atoms with Crippen LogP contribution in [0, 0.1) is 0 Å². The van der Waals surface area contributed by atoms with Crippen molar-refractivity contribution in [3.63, 3.8) is 0 Å². The van der Waals surface area contributed by atoms with E-state index in [0.717, 1.165) is 11.3 Å². The van der Waals surface area contributed by atoms with Crippen molar-refractivity contribution in [2.75, 3.05) is 26.1 Å². The first-order valence-corrected chi connectivity index (χ1v) is 7.90. The molecule has 1 amide bonds. The minimum Gasteiger partial charge on any atom is -0.497 e. The first-order chi connectivity index (χ1) is 11.7.